The van der Waals surface area contributed by atoms with E-state index in [-0.39, 0.29) is 0 Å². The molecule has 0 amide bonds. The van der Waals surface area contributed by atoms with Crippen molar-refractivity contribution in [2.24, 2.45) is 7.05 Å². The van der Waals surface area contributed by atoms with Crippen LogP contribution in [0.1, 0.15) is 36.9 Å². The Morgan fingerprint density at radius 1 is 1.50 bits per heavy atom. The quantitative estimate of drug-likeness (QED) is 0.608. The summed E-state index contributed by atoms with van der Waals surface area (Å²) in [5.74, 6) is 0. The molecule has 0 radical (unpaired) electrons. The van der Waals surface area contributed by atoms with Gasteiger partial charge in [0.2, 0.25) is 0 Å². The first-order valence-electron chi connectivity index (χ1n) is 6.13. The molecular formula is C13H21N3. The van der Waals surface area contributed by atoms with Gasteiger partial charge in [0.1, 0.15) is 0 Å². The highest BCUT2D eigenvalue weighted by molar-refractivity contribution is 5.15. The maximum absolute atomic E-state index is 4.33. The van der Waals surface area contributed by atoms with Crippen molar-refractivity contribution < 1.29 is 0 Å². The lowest BCUT2D eigenvalue weighted by Crippen LogP contribution is -2.15. The van der Waals surface area contributed by atoms with E-state index in [1.807, 2.05) is 11.7 Å². The molecule has 1 aliphatic rings. The highest BCUT2D eigenvalue weighted by Crippen LogP contribution is 2.19. The van der Waals surface area contributed by atoms with Crippen LogP contribution in [0.3, 0.4) is 0 Å². The van der Waals surface area contributed by atoms with Gasteiger partial charge in [0, 0.05) is 25.4 Å². The predicted molar refractivity (Wildman–Crippen MR) is 66.2 cm³/mol. The molecule has 0 aliphatic heterocycles. The van der Waals surface area contributed by atoms with Gasteiger partial charge in [-0.25, -0.2) is 0 Å². The van der Waals surface area contributed by atoms with Crippen LogP contribution < -0.4 is 5.32 Å². The fourth-order valence-electron chi connectivity index (χ4n) is 2.26. The van der Waals surface area contributed by atoms with Gasteiger partial charge in [-0.05, 0) is 39.2 Å². The van der Waals surface area contributed by atoms with E-state index in [0.717, 1.165) is 18.8 Å². The van der Waals surface area contributed by atoms with Crippen molar-refractivity contribution >= 4 is 0 Å². The summed E-state index contributed by atoms with van der Waals surface area (Å²) in [6.07, 6.45) is 9.66. The largest absolute Gasteiger partial charge is 0.312 e. The minimum atomic E-state index is 0.937. The van der Waals surface area contributed by atoms with Gasteiger partial charge in [0.15, 0.2) is 0 Å². The zero-order valence-electron chi connectivity index (χ0n) is 10.3. The molecule has 1 aromatic rings. The minimum absolute atomic E-state index is 0.937. The molecule has 0 unspecified atom stereocenters. The van der Waals surface area contributed by atoms with E-state index in [2.05, 4.69) is 29.6 Å². The first-order chi connectivity index (χ1) is 7.75. The second-order valence-corrected chi connectivity index (χ2v) is 4.59. The van der Waals surface area contributed by atoms with Crippen LogP contribution in [-0.2, 0) is 13.6 Å². The molecule has 0 saturated heterocycles. The van der Waals surface area contributed by atoms with Crippen molar-refractivity contribution in [3.8, 4) is 0 Å². The summed E-state index contributed by atoms with van der Waals surface area (Å²) in [5, 5.41) is 7.82. The Morgan fingerprint density at radius 3 is 3.00 bits per heavy atom. The maximum atomic E-state index is 4.33. The fraction of sp³-hybridized carbons (Fsp3) is 0.615. The Kier molecular flexibility index (Phi) is 3.78. The van der Waals surface area contributed by atoms with Gasteiger partial charge in [-0.1, -0.05) is 11.6 Å². The number of aryl methyl sites for hydroxylation is 2. The molecule has 1 heterocycles. The first kappa shape index (κ1) is 11.4. The van der Waals surface area contributed by atoms with E-state index in [1.54, 1.807) is 5.57 Å². The average Bonchev–Trinajstić information content (AvgIpc) is 2.84. The van der Waals surface area contributed by atoms with Gasteiger partial charge < -0.3 is 5.32 Å². The molecule has 88 valence electrons. The summed E-state index contributed by atoms with van der Waals surface area (Å²) in [4.78, 5) is 0. The topological polar surface area (TPSA) is 29.9 Å². The van der Waals surface area contributed by atoms with E-state index in [9.17, 15) is 0 Å². The summed E-state index contributed by atoms with van der Waals surface area (Å²) in [6, 6.07) is 0. The number of nitrogens with one attached hydrogen (secondary N) is 1. The summed E-state index contributed by atoms with van der Waals surface area (Å²) < 4.78 is 1.88. The number of aromatic nitrogens is 2. The van der Waals surface area contributed by atoms with Crippen molar-refractivity contribution in [1.82, 2.24) is 15.1 Å². The number of rotatable bonds is 5. The van der Waals surface area contributed by atoms with Crippen molar-refractivity contribution in [2.75, 3.05) is 6.54 Å². The molecule has 0 fully saturated rings. The number of allylic oxidation sites excluding steroid dienone is 1. The molecule has 0 spiro atoms. The smallest absolute Gasteiger partial charge is 0.0638 e. The van der Waals surface area contributed by atoms with Crippen LogP contribution >= 0.6 is 0 Å². The van der Waals surface area contributed by atoms with Gasteiger partial charge >= 0.3 is 0 Å². The number of hydrogen-bond acceptors (Lipinski definition) is 2. The Bertz CT molecular complexity index is 377. The third-order valence-electron chi connectivity index (χ3n) is 3.19. The summed E-state index contributed by atoms with van der Waals surface area (Å²) in [7, 11) is 1.97. The third kappa shape index (κ3) is 2.95. The molecule has 1 aliphatic carbocycles. The van der Waals surface area contributed by atoms with Crippen LogP contribution in [0.2, 0.25) is 0 Å². The molecule has 16 heavy (non-hydrogen) atoms. The lowest BCUT2D eigenvalue weighted by Gasteiger charge is -2.04. The summed E-state index contributed by atoms with van der Waals surface area (Å²) >= 11 is 0. The molecule has 2 rings (SSSR count). The summed E-state index contributed by atoms with van der Waals surface area (Å²) in [6.45, 7) is 4.09. The second-order valence-electron chi connectivity index (χ2n) is 4.59. The van der Waals surface area contributed by atoms with Gasteiger partial charge in [-0.3, -0.25) is 4.68 Å². The van der Waals surface area contributed by atoms with Gasteiger partial charge in [-0.15, -0.1) is 0 Å². The van der Waals surface area contributed by atoms with Crippen LogP contribution in [0.4, 0.5) is 0 Å². The van der Waals surface area contributed by atoms with Crippen LogP contribution in [0.25, 0.3) is 0 Å². The van der Waals surface area contributed by atoms with Crippen LogP contribution in [0.5, 0.6) is 0 Å². The summed E-state index contributed by atoms with van der Waals surface area (Å²) in [5.41, 5.74) is 4.08. The van der Waals surface area contributed by atoms with Gasteiger partial charge in [0.05, 0.1) is 5.69 Å². The van der Waals surface area contributed by atoms with Crippen LogP contribution in [0, 0.1) is 6.92 Å². The zero-order valence-corrected chi connectivity index (χ0v) is 10.3. The molecule has 0 aromatic carbocycles. The van der Waals surface area contributed by atoms with Gasteiger partial charge in [-0.2, -0.15) is 5.10 Å². The van der Waals surface area contributed by atoms with Crippen molar-refractivity contribution in [3.63, 3.8) is 0 Å². The molecule has 0 bridgehead atoms. The van der Waals surface area contributed by atoms with Crippen molar-refractivity contribution in [2.45, 2.75) is 39.2 Å². The normalized spacial score (nSPS) is 15.5. The fourth-order valence-corrected chi connectivity index (χ4v) is 2.26. The molecule has 0 saturated carbocycles. The highest BCUT2D eigenvalue weighted by atomic mass is 15.2. The molecule has 3 nitrogen and oxygen atoms in total. The number of nitrogens with zero attached hydrogens (tertiary/aromatic N) is 2. The Hall–Kier alpha value is -1.09. The van der Waals surface area contributed by atoms with E-state index in [4.69, 9.17) is 0 Å². The zero-order chi connectivity index (χ0) is 11.4. The molecular weight excluding hydrogens is 198 g/mol. The first-order valence-corrected chi connectivity index (χ1v) is 6.13. The van der Waals surface area contributed by atoms with Gasteiger partial charge in [0.25, 0.3) is 0 Å². The molecule has 1 aromatic heterocycles. The van der Waals surface area contributed by atoms with Crippen LogP contribution in [0.15, 0.2) is 17.8 Å². The predicted octanol–water partition coefficient (Wildman–Crippen LogP) is 2.32. The molecule has 1 N–H and O–H groups in total. The molecule has 0 atom stereocenters. The second kappa shape index (κ2) is 5.30. The highest BCUT2D eigenvalue weighted by Gasteiger charge is 2.05. The average molecular weight is 219 g/mol. The monoisotopic (exact) mass is 219 g/mol. The van der Waals surface area contributed by atoms with E-state index >= 15 is 0 Å². The standard InChI is InChI=1S/C13H21N3/c1-11-13(10-16(2)15-11)9-14-8-7-12-5-3-4-6-12/h5,10,14H,3-4,6-9H2,1-2H3. The Morgan fingerprint density at radius 2 is 2.38 bits per heavy atom. The number of hydrogen-bond donors (Lipinski definition) is 1. The van der Waals surface area contributed by atoms with E-state index < -0.39 is 0 Å². The van der Waals surface area contributed by atoms with E-state index in [1.165, 1.54) is 31.2 Å². The minimum Gasteiger partial charge on any atom is -0.312 e. The van der Waals surface area contributed by atoms with E-state index in [0.29, 0.717) is 0 Å². The Balaban J connectivity index is 1.69. The maximum Gasteiger partial charge on any atom is 0.0638 e. The lowest BCUT2D eigenvalue weighted by molar-refractivity contribution is 0.673. The Labute approximate surface area is 97.5 Å². The molecule has 3 heteroatoms. The van der Waals surface area contributed by atoms with Crippen molar-refractivity contribution in [3.05, 3.63) is 29.1 Å². The van der Waals surface area contributed by atoms with Crippen molar-refractivity contribution in [1.29, 1.82) is 0 Å². The lowest BCUT2D eigenvalue weighted by atomic mass is 10.1. The third-order valence-corrected chi connectivity index (χ3v) is 3.19. The SMILES string of the molecule is Cc1nn(C)cc1CNCCC1=CCCC1. The van der Waals surface area contributed by atoms with Crippen LogP contribution in [-0.4, -0.2) is 16.3 Å².